The molecule has 1 aliphatic heterocycles. The molecule has 0 aromatic heterocycles. The maximum absolute atomic E-state index is 5.90. The zero-order valence-corrected chi connectivity index (χ0v) is 11.0. The lowest BCUT2D eigenvalue weighted by molar-refractivity contribution is 1.15. The van der Waals surface area contributed by atoms with Crippen LogP contribution in [-0.2, 0) is 0 Å². The molecule has 0 bridgehead atoms. The molecule has 0 radical (unpaired) electrons. The molecule has 1 aromatic carbocycles. The summed E-state index contributed by atoms with van der Waals surface area (Å²) in [6.07, 6.45) is 0. The monoisotopic (exact) mass is 257 g/mol. The molecule has 2 rings (SSSR count). The van der Waals surface area contributed by atoms with E-state index in [0.29, 0.717) is 5.25 Å². The fourth-order valence-electron chi connectivity index (χ4n) is 1.33. The summed E-state index contributed by atoms with van der Waals surface area (Å²) in [5.74, 6) is 1.16. The van der Waals surface area contributed by atoms with Crippen molar-refractivity contribution in [2.75, 3.05) is 5.75 Å². The average Bonchev–Trinajstić information content (AvgIpc) is 2.56. The largest absolute Gasteiger partial charge is 0.235 e. The van der Waals surface area contributed by atoms with E-state index in [1.807, 2.05) is 48.6 Å². The van der Waals surface area contributed by atoms with Gasteiger partial charge in [-0.25, -0.2) is 4.99 Å². The van der Waals surface area contributed by atoms with E-state index in [9.17, 15) is 0 Å². The number of rotatable bonds is 1. The maximum Gasteiger partial charge on any atom is 0.130 e. The van der Waals surface area contributed by atoms with Crippen molar-refractivity contribution in [3.63, 3.8) is 0 Å². The average molecular weight is 258 g/mol. The molecule has 1 nitrogen and oxygen atoms in total. The van der Waals surface area contributed by atoms with Gasteiger partial charge in [-0.15, -0.1) is 0 Å². The van der Waals surface area contributed by atoms with Crippen molar-refractivity contribution in [3.8, 4) is 0 Å². The van der Waals surface area contributed by atoms with Crippen LogP contribution in [0.1, 0.15) is 12.5 Å². The van der Waals surface area contributed by atoms with Gasteiger partial charge in [0.1, 0.15) is 4.38 Å². The third kappa shape index (κ3) is 2.92. The highest BCUT2D eigenvalue weighted by molar-refractivity contribution is 8.41. The molecule has 0 aliphatic carbocycles. The summed E-state index contributed by atoms with van der Waals surface area (Å²) in [7, 11) is 0. The smallest absolute Gasteiger partial charge is 0.130 e. The Morgan fingerprint density at radius 2 is 2.27 bits per heavy atom. The zero-order valence-electron chi connectivity index (χ0n) is 8.66. The van der Waals surface area contributed by atoms with Gasteiger partial charge >= 0.3 is 0 Å². The molecule has 15 heavy (non-hydrogen) atoms. The standard InChI is InChI=1S/C11H12ClNS2/c1-7-5-9(12)3-4-10(7)13-11-14-6-8(2)15-11/h3-5,8H,6H2,1-2H3/b13-11+. The van der Waals surface area contributed by atoms with Crippen LogP contribution in [0.15, 0.2) is 23.2 Å². The summed E-state index contributed by atoms with van der Waals surface area (Å²) >= 11 is 9.59. The van der Waals surface area contributed by atoms with Crippen LogP contribution < -0.4 is 0 Å². The van der Waals surface area contributed by atoms with Gasteiger partial charge in [0, 0.05) is 16.0 Å². The summed E-state index contributed by atoms with van der Waals surface area (Å²) in [6.45, 7) is 4.27. The number of benzene rings is 1. The molecule has 0 saturated carbocycles. The van der Waals surface area contributed by atoms with E-state index in [0.717, 1.165) is 22.0 Å². The number of halogens is 1. The van der Waals surface area contributed by atoms with Crippen molar-refractivity contribution < 1.29 is 0 Å². The number of aliphatic imine (C=N–C) groups is 1. The van der Waals surface area contributed by atoms with Gasteiger partial charge in [-0.3, -0.25) is 0 Å². The summed E-state index contributed by atoms with van der Waals surface area (Å²) in [5, 5.41) is 1.46. The lowest BCUT2D eigenvalue weighted by Gasteiger charge is -2.01. The Morgan fingerprint density at radius 3 is 2.87 bits per heavy atom. The summed E-state index contributed by atoms with van der Waals surface area (Å²) in [4.78, 5) is 4.63. The van der Waals surface area contributed by atoms with E-state index in [1.54, 1.807) is 0 Å². The number of aryl methyl sites for hydroxylation is 1. The minimum atomic E-state index is 0.682. The Balaban J connectivity index is 2.24. The number of hydrogen-bond acceptors (Lipinski definition) is 3. The topological polar surface area (TPSA) is 12.4 Å². The first kappa shape index (κ1) is 11.4. The second-order valence-electron chi connectivity index (χ2n) is 3.55. The Hall–Kier alpha value is -0.120. The van der Waals surface area contributed by atoms with Crippen molar-refractivity contribution in [1.82, 2.24) is 0 Å². The van der Waals surface area contributed by atoms with Gasteiger partial charge in [-0.2, -0.15) is 0 Å². The second kappa shape index (κ2) is 4.81. The first-order valence-electron chi connectivity index (χ1n) is 4.79. The minimum absolute atomic E-state index is 0.682. The normalized spacial score (nSPS) is 23.7. The Morgan fingerprint density at radius 1 is 1.47 bits per heavy atom. The molecular weight excluding hydrogens is 246 g/mol. The fraction of sp³-hybridized carbons (Fsp3) is 0.364. The van der Waals surface area contributed by atoms with Gasteiger partial charge in [0.15, 0.2) is 0 Å². The first-order valence-corrected chi connectivity index (χ1v) is 7.04. The molecule has 1 saturated heterocycles. The highest BCUT2D eigenvalue weighted by Crippen LogP contribution is 2.35. The molecule has 1 unspecified atom stereocenters. The zero-order chi connectivity index (χ0) is 10.8. The summed E-state index contributed by atoms with van der Waals surface area (Å²) < 4.78 is 1.17. The van der Waals surface area contributed by atoms with E-state index in [-0.39, 0.29) is 0 Å². The molecule has 1 heterocycles. The van der Waals surface area contributed by atoms with Crippen LogP contribution >= 0.6 is 35.1 Å². The molecule has 1 atom stereocenters. The van der Waals surface area contributed by atoms with Crippen LogP contribution in [0.4, 0.5) is 5.69 Å². The van der Waals surface area contributed by atoms with Gasteiger partial charge in [0.05, 0.1) is 5.69 Å². The molecular formula is C11H12ClNS2. The molecule has 0 amide bonds. The van der Waals surface area contributed by atoms with E-state index < -0.39 is 0 Å². The Kier molecular flexibility index (Phi) is 3.65. The van der Waals surface area contributed by atoms with Crippen molar-refractivity contribution in [3.05, 3.63) is 28.8 Å². The van der Waals surface area contributed by atoms with Crippen LogP contribution in [0.3, 0.4) is 0 Å². The molecule has 0 N–H and O–H groups in total. The van der Waals surface area contributed by atoms with Crippen molar-refractivity contribution in [2.24, 2.45) is 4.99 Å². The number of hydrogen-bond donors (Lipinski definition) is 0. The molecule has 1 fully saturated rings. The van der Waals surface area contributed by atoms with Crippen LogP contribution in [0.25, 0.3) is 0 Å². The second-order valence-corrected chi connectivity index (χ2v) is 6.68. The van der Waals surface area contributed by atoms with E-state index >= 15 is 0 Å². The van der Waals surface area contributed by atoms with Crippen LogP contribution in [0.5, 0.6) is 0 Å². The van der Waals surface area contributed by atoms with Gasteiger partial charge in [0.2, 0.25) is 0 Å². The molecule has 4 heteroatoms. The summed E-state index contributed by atoms with van der Waals surface area (Å²) in [5.41, 5.74) is 2.17. The molecule has 1 aromatic rings. The van der Waals surface area contributed by atoms with Gasteiger partial charge in [0.25, 0.3) is 0 Å². The van der Waals surface area contributed by atoms with Crippen molar-refractivity contribution >= 4 is 45.2 Å². The predicted octanol–water partition coefficient (Wildman–Crippen LogP) is 4.50. The van der Waals surface area contributed by atoms with Crippen molar-refractivity contribution in [2.45, 2.75) is 19.1 Å². The lowest BCUT2D eigenvalue weighted by Crippen LogP contribution is -1.89. The van der Waals surface area contributed by atoms with Gasteiger partial charge < -0.3 is 0 Å². The highest BCUT2D eigenvalue weighted by Gasteiger charge is 2.17. The number of nitrogens with zero attached hydrogens (tertiary/aromatic N) is 1. The quantitative estimate of drug-likeness (QED) is 0.734. The SMILES string of the molecule is Cc1cc(Cl)ccc1/N=C1\SCC(C)S1. The molecule has 80 valence electrons. The third-order valence-electron chi connectivity index (χ3n) is 2.11. The molecule has 1 aliphatic rings. The lowest BCUT2D eigenvalue weighted by atomic mass is 10.2. The Labute approximate surface area is 104 Å². The first-order chi connectivity index (χ1) is 7.15. The van der Waals surface area contributed by atoms with Gasteiger partial charge in [-0.1, -0.05) is 42.0 Å². The fourth-order valence-corrected chi connectivity index (χ4v) is 4.04. The minimum Gasteiger partial charge on any atom is -0.235 e. The third-order valence-corrected chi connectivity index (χ3v) is 5.07. The molecule has 0 spiro atoms. The van der Waals surface area contributed by atoms with Crippen LogP contribution in [0, 0.1) is 6.92 Å². The van der Waals surface area contributed by atoms with E-state index in [1.165, 1.54) is 4.38 Å². The predicted molar refractivity (Wildman–Crippen MR) is 72.8 cm³/mol. The van der Waals surface area contributed by atoms with Crippen LogP contribution in [0.2, 0.25) is 5.02 Å². The summed E-state index contributed by atoms with van der Waals surface area (Å²) in [6, 6.07) is 5.82. The van der Waals surface area contributed by atoms with Gasteiger partial charge in [-0.05, 0) is 30.7 Å². The van der Waals surface area contributed by atoms with E-state index in [4.69, 9.17) is 11.6 Å². The van der Waals surface area contributed by atoms with Crippen LogP contribution in [-0.4, -0.2) is 15.4 Å². The highest BCUT2D eigenvalue weighted by atomic mass is 35.5. The number of thioether (sulfide) groups is 2. The maximum atomic E-state index is 5.90. The van der Waals surface area contributed by atoms with E-state index in [2.05, 4.69) is 11.9 Å². The van der Waals surface area contributed by atoms with Crippen molar-refractivity contribution in [1.29, 1.82) is 0 Å². The Bertz CT molecular complexity index is 404.